The van der Waals surface area contributed by atoms with Gasteiger partial charge in [0.1, 0.15) is 11.6 Å². The number of carbonyl (C=O) groups excluding carboxylic acids is 1. The van der Waals surface area contributed by atoms with Crippen molar-refractivity contribution in [3.63, 3.8) is 0 Å². The van der Waals surface area contributed by atoms with E-state index in [4.69, 9.17) is 5.11 Å². The van der Waals surface area contributed by atoms with Crippen molar-refractivity contribution < 1.29 is 19.1 Å². The molecule has 1 fully saturated rings. The lowest BCUT2D eigenvalue weighted by Crippen LogP contribution is -2.40. The summed E-state index contributed by atoms with van der Waals surface area (Å²) in [4.78, 5) is 23.7. The van der Waals surface area contributed by atoms with E-state index in [9.17, 15) is 14.0 Å². The topological polar surface area (TPSA) is 57.6 Å². The molecule has 17 heavy (non-hydrogen) atoms. The van der Waals surface area contributed by atoms with Crippen molar-refractivity contribution in [1.29, 1.82) is 0 Å². The molecule has 1 aliphatic rings. The number of likely N-dealkylation sites (tertiary alicyclic amines) is 1. The molecule has 1 unspecified atom stereocenters. The maximum atomic E-state index is 12.8. The summed E-state index contributed by atoms with van der Waals surface area (Å²) in [6.07, 6.45) is -0.631. The second kappa shape index (κ2) is 4.53. The molecule has 1 saturated heterocycles. The first kappa shape index (κ1) is 11.6. The summed E-state index contributed by atoms with van der Waals surface area (Å²) in [5, 5.41) is 9.05. The molecular weight excluding hydrogens is 225 g/mol. The minimum atomic E-state index is -1.05. The predicted octanol–water partition coefficient (Wildman–Crippen LogP) is 2.21. The van der Waals surface area contributed by atoms with E-state index in [2.05, 4.69) is 0 Å². The molecule has 0 aliphatic carbocycles. The Balaban J connectivity index is 2.28. The first-order valence-electron chi connectivity index (χ1n) is 5.34. The van der Waals surface area contributed by atoms with Gasteiger partial charge in [-0.3, -0.25) is 4.79 Å². The molecule has 4 nitrogen and oxygen atoms in total. The Labute approximate surface area is 97.7 Å². The number of halogens is 1. The fourth-order valence-corrected chi connectivity index (χ4v) is 2.04. The Kier molecular flexibility index (Phi) is 3.08. The van der Waals surface area contributed by atoms with Crippen molar-refractivity contribution in [2.24, 2.45) is 0 Å². The van der Waals surface area contributed by atoms with E-state index in [0.717, 1.165) is 0 Å². The summed E-state index contributed by atoms with van der Waals surface area (Å²) in [5.41, 5.74) is 0.654. The predicted molar refractivity (Wildman–Crippen MR) is 58.1 cm³/mol. The first-order chi connectivity index (χ1) is 8.08. The second-order valence-corrected chi connectivity index (χ2v) is 4.04. The molecule has 1 aromatic rings. The maximum Gasteiger partial charge on any atom is 0.407 e. The van der Waals surface area contributed by atoms with E-state index >= 15 is 0 Å². The fourth-order valence-electron chi connectivity index (χ4n) is 2.04. The van der Waals surface area contributed by atoms with Gasteiger partial charge in [-0.2, -0.15) is 0 Å². The first-order valence-corrected chi connectivity index (χ1v) is 5.34. The molecule has 0 bridgehead atoms. The average molecular weight is 237 g/mol. The molecule has 1 amide bonds. The van der Waals surface area contributed by atoms with E-state index in [1.165, 1.54) is 29.2 Å². The van der Waals surface area contributed by atoms with Crippen LogP contribution in [0.2, 0.25) is 0 Å². The monoisotopic (exact) mass is 237 g/mol. The van der Waals surface area contributed by atoms with Crippen LogP contribution < -0.4 is 0 Å². The fraction of sp³-hybridized carbons (Fsp3) is 0.333. The molecule has 5 heteroatoms. The highest BCUT2D eigenvalue weighted by molar-refractivity contribution is 5.82. The number of benzene rings is 1. The molecule has 0 spiro atoms. The molecular formula is C12H12FNO3. The smallest absolute Gasteiger partial charge is 0.407 e. The average Bonchev–Trinajstić information content (AvgIpc) is 2.29. The van der Waals surface area contributed by atoms with Crippen molar-refractivity contribution in [3.8, 4) is 0 Å². The van der Waals surface area contributed by atoms with Gasteiger partial charge in [0.15, 0.2) is 0 Å². The van der Waals surface area contributed by atoms with Gasteiger partial charge < -0.3 is 10.0 Å². The van der Waals surface area contributed by atoms with Gasteiger partial charge >= 0.3 is 6.09 Å². The lowest BCUT2D eigenvalue weighted by atomic mass is 9.95. The van der Waals surface area contributed by atoms with Gasteiger partial charge in [-0.25, -0.2) is 9.18 Å². The van der Waals surface area contributed by atoms with E-state index in [1.807, 2.05) is 0 Å². The Bertz CT molecular complexity index is 444. The highest BCUT2D eigenvalue weighted by atomic mass is 19.1. The van der Waals surface area contributed by atoms with Gasteiger partial charge in [0.05, 0.1) is 6.04 Å². The van der Waals surface area contributed by atoms with Gasteiger partial charge in [0.25, 0.3) is 0 Å². The number of hydrogen-bond acceptors (Lipinski definition) is 2. The minimum Gasteiger partial charge on any atom is -0.465 e. The quantitative estimate of drug-likeness (QED) is 0.814. The summed E-state index contributed by atoms with van der Waals surface area (Å²) in [7, 11) is 0. The Morgan fingerprint density at radius 1 is 1.35 bits per heavy atom. The molecule has 1 aliphatic heterocycles. The summed E-state index contributed by atoms with van der Waals surface area (Å²) in [6, 6.07) is 5.10. The SMILES string of the molecule is O=C1CCN(C(=O)O)C(c2ccc(F)cc2)C1. The van der Waals surface area contributed by atoms with Crippen molar-refractivity contribution in [1.82, 2.24) is 4.90 Å². The van der Waals surface area contributed by atoms with Gasteiger partial charge in [-0.05, 0) is 17.7 Å². The van der Waals surface area contributed by atoms with Crippen LogP contribution in [0.1, 0.15) is 24.4 Å². The summed E-state index contributed by atoms with van der Waals surface area (Å²) < 4.78 is 12.8. The second-order valence-electron chi connectivity index (χ2n) is 4.04. The van der Waals surface area contributed by atoms with Crippen molar-refractivity contribution in [2.75, 3.05) is 6.54 Å². The van der Waals surface area contributed by atoms with Crippen LogP contribution >= 0.6 is 0 Å². The van der Waals surface area contributed by atoms with Gasteiger partial charge in [-0.15, -0.1) is 0 Å². The Hall–Kier alpha value is -1.91. The number of carbonyl (C=O) groups is 2. The van der Waals surface area contributed by atoms with Crippen molar-refractivity contribution in [3.05, 3.63) is 35.6 Å². The van der Waals surface area contributed by atoms with Gasteiger partial charge in [-0.1, -0.05) is 12.1 Å². The number of Topliss-reactive ketones (excluding diaryl/α,β-unsaturated/α-hetero) is 1. The molecule has 1 heterocycles. The van der Waals surface area contributed by atoms with Crippen LogP contribution in [0.15, 0.2) is 24.3 Å². The Morgan fingerprint density at radius 3 is 2.59 bits per heavy atom. The van der Waals surface area contributed by atoms with E-state index in [0.29, 0.717) is 5.56 Å². The van der Waals surface area contributed by atoms with Gasteiger partial charge in [0.2, 0.25) is 0 Å². The van der Waals surface area contributed by atoms with Crippen LogP contribution in [0.3, 0.4) is 0 Å². The number of rotatable bonds is 1. The minimum absolute atomic E-state index is 0.0387. The number of hydrogen-bond donors (Lipinski definition) is 1. The summed E-state index contributed by atoms with van der Waals surface area (Å²) >= 11 is 0. The number of piperidine rings is 1. The molecule has 2 rings (SSSR count). The van der Waals surface area contributed by atoms with E-state index < -0.39 is 12.1 Å². The maximum absolute atomic E-state index is 12.8. The van der Waals surface area contributed by atoms with Crippen molar-refractivity contribution in [2.45, 2.75) is 18.9 Å². The van der Waals surface area contributed by atoms with Crippen LogP contribution in [0.5, 0.6) is 0 Å². The van der Waals surface area contributed by atoms with Gasteiger partial charge in [0, 0.05) is 19.4 Å². The van der Waals surface area contributed by atoms with Crippen LogP contribution in [-0.4, -0.2) is 28.4 Å². The van der Waals surface area contributed by atoms with Crippen LogP contribution in [0, 0.1) is 5.82 Å². The standard InChI is InChI=1S/C12H12FNO3/c13-9-3-1-8(2-4-9)11-7-10(15)5-6-14(11)12(16)17/h1-4,11H,5-7H2,(H,16,17). The third-order valence-electron chi connectivity index (χ3n) is 2.93. The molecule has 1 N–H and O–H groups in total. The van der Waals surface area contributed by atoms with Crippen LogP contribution in [-0.2, 0) is 4.79 Å². The molecule has 1 atom stereocenters. The zero-order chi connectivity index (χ0) is 12.4. The summed E-state index contributed by atoms with van der Waals surface area (Å²) in [5.74, 6) is -0.338. The largest absolute Gasteiger partial charge is 0.465 e. The molecule has 0 saturated carbocycles. The zero-order valence-corrected chi connectivity index (χ0v) is 9.10. The lowest BCUT2D eigenvalue weighted by Gasteiger charge is -2.33. The molecule has 1 aromatic carbocycles. The number of amides is 1. The van der Waals surface area contributed by atoms with Crippen molar-refractivity contribution >= 4 is 11.9 Å². The highest BCUT2D eigenvalue weighted by Gasteiger charge is 2.31. The van der Waals surface area contributed by atoms with Crippen LogP contribution in [0.25, 0.3) is 0 Å². The number of carboxylic acid groups (broad SMARTS) is 1. The summed E-state index contributed by atoms with van der Waals surface area (Å²) in [6.45, 7) is 0.205. The zero-order valence-electron chi connectivity index (χ0n) is 9.10. The normalized spacial score (nSPS) is 20.4. The number of ketones is 1. The molecule has 0 aromatic heterocycles. The molecule has 0 radical (unpaired) electrons. The lowest BCUT2D eigenvalue weighted by molar-refractivity contribution is -0.122. The highest BCUT2D eigenvalue weighted by Crippen LogP contribution is 2.29. The van der Waals surface area contributed by atoms with E-state index in [1.54, 1.807) is 0 Å². The van der Waals surface area contributed by atoms with E-state index in [-0.39, 0.29) is 31.0 Å². The number of nitrogens with zero attached hydrogens (tertiary/aromatic N) is 1. The Morgan fingerprint density at radius 2 is 2.00 bits per heavy atom. The third-order valence-corrected chi connectivity index (χ3v) is 2.93. The third kappa shape index (κ3) is 2.43. The van der Waals surface area contributed by atoms with Crippen LogP contribution in [0.4, 0.5) is 9.18 Å². The molecule has 90 valence electrons.